The first-order valence-electron chi connectivity index (χ1n) is 11.0. The highest BCUT2D eigenvalue weighted by Gasteiger charge is 2.47. The van der Waals surface area contributed by atoms with Crippen molar-refractivity contribution in [1.82, 2.24) is 19.7 Å². The number of likely N-dealkylation sites (tertiary alicyclic amines) is 1. The molecule has 0 N–H and O–H groups in total. The number of rotatable bonds is 6. The summed E-state index contributed by atoms with van der Waals surface area (Å²) in [4.78, 5) is 20.3. The fourth-order valence-electron chi connectivity index (χ4n) is 4.63. The molecule has 9 heteroatoms. The molecule has 0 amide bonds. The molecule has 0 saturated carbocycles. The SMILES string of the molecule is CCOc1ccc(C(C2Sc3nc(CC)nn3C2=O)N2CCC3(CC2)OCCO3)cc1. The fourth-order valence-corrected chi connectivity index (χ4v) is 5.90. The van der Waals surface area contributed by atoms with Gasteiger partial charge in [0, 0.05) is 32.4 Å². The van der Waals surface area contributed by atoms with E-state index in [0.717, 1.165) is 43.7 Å². The number of hydrogen-bond acceptors (Lipinski definition) is 8. The highest BCUT2D eigenvalue weighted by atomic mass is 32.2. The summed E-state index contributed by atoms with van der Waals surface area (Å²) in [6.07, 6.45) is 2.32. The van der Waals surface area contributed by atoms with Gasteiger partial charge in [-0.25, -0.2) is 4.98 Å². The van der Waals surface area contributed by atoms with Crippen molar-refractivity contribution in [3.8, 4) is 5.75 Å². The Bertz CT molecular complexity index is 931. The first kappa shape index (κ1) is 20.9. The van der Waals surface area contributed by atoms with E-state index in [1.165, 1.54) is 16.4 Å². The van der Waals surface area contributed by atoms with Crippen molar-refractivity contribution < 1.29 is 19.0 Å². The standard InChI is InChI=1S/C22H28N4O4S/c1-3-17-23-21-26(24-17)20(27)19(31-21)18(15-5-7-16(8-6-15)28-4-2)25-11-9-22(10-12-25)29-13-14-30-22/h5-8,18-19H,3-4,9-14H2,1-2H3. The lowest BCUT2D eigenvalue weighted by atomic mass is 9.95. The van der Waals surface area contributed by atoms with Crippen molar-refractivity contribution in [3.63, 3.8) is 0 Å². The second-order valence-electron chi connectivity index (χ2n) is 8.04. The molecule has 3 aliphatic rings. The Morgan fingerprint density at radius 2 is 1.90 bits per heavy atom. The molecule has 2 aromatic rings. The number of benzene rings is 1. The molecule has 166 valence electrons. The Kier molecular flexibility index (Phi) is 5.76. The molecule has 5 rings (SSSR count). The largest absolute Gasteiger partial charge is 0.494 e. The summed E-state index contributed by atoms with van der Waals surface area (Å²) in [6.45, 7) is 7.52. The quantitative estimate of drug-likeness (QED) is 0.673. The van der Waals surface area contributed by atoms with E-state index in [0.29, 0.717) is 30.8 Å². The average Bonchev–Trinajstić information content (AvgIpc) is 3.49. The number of nitrogens with zero attached hydrogens (tertiary/aromatic N) is 4. The highest BCUT2D eigenvalue weighted by Crippen LogP contribution is 2.43. The van der Waals surface area contributed by atoms with Crippen LogP contribution in [0.3, 0.4) is 0 Å². The van der Waals surface area contributed by atoms with Crippen LogP contribution in [0.5, 0.6) is 5.75 Å². The van der Waals surface area contributed by atoms with Crippen molar-refractivity contribution >= 4 is 17.7 Å². The lowest BCUT2D eigenvalue weighted by molar-refractivity contribution is -0.187. The Labute approximate surface area is 186 Å². The molecule has 1 aromatic heterocycles. The molecule has 0 aliphatic carbocycles. The molecule has 2 unspecified atom stereocenters. The number of carbonyl (C=O) groups is 1. The molecule has 1 aromatic carbocycles. The first-order valence-corrected chi connectivity index (χ1v) is 11.9. The van der Waals surface area contributed by atoms with Crippen LogP contribution in [-0.2, 0) is 15.9 Å². The minimum Gasteiger partial charge on any atom is -0.494 e. The maximum atomic E-state index is 13.3. The lowest BCUT2D eigenvalue weighted by Crippen LogP contribution is -2.49. The van der Waals surface area contributed by atoms with Gasteiger partial charge in [-0.3, -0.25) is 9.69 Å². The maximum Gasteiger partial charge on any atom is 0.264 e. The van der Waals surface area contributed by atoms with Crippen molar-refractivity contribution in [2.75, 3.05) is 32.9 Å². The van der Waals surface area contributed by atoms with E-state index in [9.17, 15) is 4.79 Å². The number of aryl methyl sites for hydroxylation is 1. The molecule has 2 saturated heterocycles. The monoisotopic (exact) mass is 444 g/mol. The summed E-state index contributed by atoms with van der Waals surface area (Å²) in [5.41, 5.74) is 1.10. The molecular weight excluding hydrogens is 416 g/mol. The van der Waals surface area contributed by atoms with E-state index in [1.54, 1.807) is 0 Å². The number of piperidine rings is 1. The van der Waals surface area contributed by atoms with E-state index < -0.39 is 5.79 Å². The van der Waals surface area contributed by atoms with Gasteiger partial charge in [-0.1, -0.05) is 30.8 Å². The number of thioether (sulfide) groups is 1. The lowest BCUT2D eigenvalue weighted by Gasteiger charge is -2.42. The van der Waals surface area contributed by atoms with Gasteiger partial charge >= 0.3 is 0 Å². The highest BCUT2D eigenvalue weighted by molar-refractivity contribution is 8.00. The molecule has 3 aliphatic heterocycles. The summed E-state index contributed by atoms with van der Waals surface area (Å²) in [6, 6.07) is 8.03. The molecule has 31 heavy (non-hydrogen) atoms. The third kappa shape index (κ3) is 3.88. The second kappa shape index (κ2) is 8.54. The molecule has 2 fully saturated rings. The van der Waals surface area contributed by atoms with Crippen LogP contribution in [0.1, 0.15) is 48.9 Å². The van der Waals surface area contributed by atoms with Gasteiger partial charge in [0.1, 0.15) is 11.0 Å². The third-order valence-electron chi connectivity index (χ3n) is 6.21. The normalized spacial score (nSPS) is 23.9. The van der Waals surface area contributed by atoms with Gasteiger partial charge < -0.3 is 14.2 Å². The molecule has 1 spiro atoms. The summed E-state index contributed by atoms with van der Waals surface area (Å²) >= 11 is 1.52. The van der Waals surface area contributed by atoms with Gasteiger partial charge in [0.15, 0.2) is 16.8 Å². The topological polar surface area (TPSA) is 78.7 Å². The number of carbonyl (C=O) groups excluding carboxylic acids is 1. The number of hydrogen-bond donors (Lipinski definition) is 0. The number of aromatic nitrogens is 3. The molecular formula is C22H28N4O4S. The smallest absolute Gasteiger partial charge is 0.264 e. The van der Waals surface area contributed by atoms with Gasteiger partial charge in [0.2, 0.25) is 0 Å². The molecule has 8 nitrogen and oxygen atoms in total. The van der Waals surface area contributed by atoms with Gasteiger partial charge in [0.05, 0.1) is 25.9 Å². The Hall–Kier alpha value is -1.94. The van der Waals surface area contributed by atoms with Crippen LogP contribution in [0.25, 0.3) is 0 Å². The third-order valence-corrected chi connectivity index (χ3v) is 7.40. The predicted octanol–water partition coefficient (Wildman–Crippen LogP) is 2.93. The Balaban J connectivity index is 1.42. The van der Waals surface area contributed by atoms with Crippen molar-refractivity contribution in [3.05, 3.63) is 35.7 Å². The minimum atomic E-state index is -0.447. The Morgan fingerprint density at radius 3 is 2.52 bits per heavy atom. The summed E-state index contributed by atoms with van der Waals surface area (Å²) in [5, 5.41) is 4.81. The van der Waals surface area contributed by atoms with Crippen molar-refractivity contribution in [2.24, 2.45) is 0 Å². The maximum absolute atomic E-state index is 13.3. The first-order chi connectivity index (χ1) is 15.1. The van der Waals surface area contributed by atoms with Crippen LogP contribution in [0.4, 0.5) is 0 Å². The number of ether oxygens (including phenoxy) is 3. The van der Waals surface area contributed by atoms with E-state index in [4.69, 9.17) is 14.2 Å². The van der Waals surface area contributed by atoms with Crippen molar-refractivity contribution in [1.29, 1.82) is 0 Å². The van der Waals surface area contributed by atoms with Gasteiger partial charge in [-0.05, 0) is 24.6 Å². The zero-order valence-corrected chi connectivity index (χ0v) is 18.8. The van der Waals surface area contributed by atoms with E-state index in [1.807, 2.05) is 26.0 Å². The zero-order valence-electron chi connectivity index (χ0n) is 18.0. The molecule has 0 radical (unpaired) electrons. The summed E-state index contributed by atoms with van der Waals surface area (Å²) in [5.74, 6) is 1.10. The summed E-state index contributed by atoms with van der Waals surface area (Å²) in [7, 11) is 0. The van der Waals surface area contributed by atoms with Crippen LogP contribution in [0.2, 0.25) is 0 Å². The van der Waals surface area contributed by atoms with Crippen LogP contribution in [0.15, 0.2) is 29.4 Å². The average molecular weight is 445 g/mol. The zero-order chi connectivity index (χ0) is 21.4. The van der Waals surface area contributed by atoms with Gasteiger partial charge in [-0.15, -0.1) is 5.10 Å². The van der Waals surface area contributed by atoms with Crippen molar-refractivity contribution in [2.45, 2.75) is 55.3 Å². The van der Waals surface area contributed by atoms with Crippen LogP contribution < -0.4 is 4.74 Å². The van der Waals surface area contributed by atoms with E-state index in [-0.39, 0.29) is 17.2 Å². The predicted molar refractivity (Wildman–Crippen MR) is 115 cm³/mol. The van der Waals surface area contributed by atoms with E-state index >= 15 is 0 Å². The van der Waals surface area contributed by atoms with E-state index in [2.05, 4.69) is 27.1 Å². The fraction of sp³-hybridized carbons (Fsp3) is 0.591. The Morgan fingerprint density at radius 1 is 1.19 bits per heavy atom. The molecule has 0 bridgehead atoms. The number of fused-ring (bicyclic) bond motifs is 1. The minimum absolute atomic E-state index is 0.000243. The molecule has 4 heterocycles. The second-order valence-corrected chi connectivity index (χ2v) is 9.15. The van der Waals surface area contributed by atoms with Crippen LogP contribution in [0, 0.1) is 0 Å². The van der Waals surface area contributed by atoms with Gasteiger partial charge in [-0.2, -0.15) is 4.68 Å². The molecule has 2 atom stereocenters. The van der Waals surface area contributed by atoms with Crippen LogP contribution >= 0.6 is 11.8 Å². The van der Waals surface area contributed by atoms with Crippen LogP contribution in [-0.4, -0.2) is 69.5 Å². The van der Waals surface area contributed by atoms with Gasteiger partial charge in [0.25, 0.3) is 5.91 Å². The summed E-state index contributed by atoms with van der Waals surface area (Å²) < 4.78 is 18.9.